The van der Waals surface area contributed by atoms with E-state index in [4.69, 9.17) is 16.7 Å². The molecule has 0 atom stereocenters. The second kappa shape index (κ2) is 9.27. The molecule has 4 N–H and O–H groups in total. The molecule has 0 saturated heterocycles. The van der Waals surface area contributed by atoms with Crippen molar-refractivity contribution in [2.24, 2.45) is 5.92 Å². The highest BCUT2D eigenvalue weighted by Crippen LogP contribution is 2.24. The topological polar surface area (TPSA) is 108 Å². The lowest BCUT2D eigenvalue weighted by Crippen LogP contribution is -2.46. The van der Waals surface area contributed by atoms with E-state index in [2.05, 4.69) is 16.0 Å². The Morgan fingerprint density at radius 1 is 1.00 bits per heavy atom. The number of carbonyl (C=O) groups excluding carboxylic acids is 2. The van der Waals surface area contributed by atoms with E-state index in [0.29, 0.717) is 49.4 Å². The van der Waals surface area contributed by atoms with E-state index >= 15 is 0 Å². The number of amides is 3. The summed E-state index contributed by atoms with van der Waals surface area (Å²) in [6.45, 7) is 0.607. The smallest absolute Gasteiger partial charge is 0.315 e. The monoisotopic (exact) mass is 367 g/mol. The first-order chi connectivity index (χ1) is 12.0. The number of halogens is 1. The first-order valence-electron chi connectivity index (χ1n) is 8.26. The standard InChI is InChI=1S/C17H22ClN3O4/c18-13-5-1-11(2-6-13)15(22)19-9-10-20-17(25)21-14-7-3-12(4-8-14)16(23)24/h1-2,5-6,12,14H,3-4,7-10H2,(H,19,22)(H,23,24)(H2,20,21,25). The Balaban J connectivity index is 1.60. The summed E-state index contributed by atoms with van der Waals surface area (Å²) >= 11 is 5.77. The van der Waals surface area contributed by atoms with Gasteiger partial charge in [0.15, 0.2) is 0 Å². The van der Waals surface area contributed by atoms with Gasteiger partial charge in [0.25, 0.3) is 5.91 Å². The van der Waals surface area contributed by atoms with Crippen molar-refractivity contribution in [2.45, 2.75) is 31.7 Å². The molecule has 0 aromatic heterocycles. The van der Waals surface area contributed by atoms with Crippen molar-refractivity contribution in [3.8, 4) is 0 Å². The van der Waals surface area contributed by atoms with E-state index in [1.165, 1.54) is 0 Å². The van der Waals surface area contributed by atoms with Crippen LogP contribution >= 0.6 is 11.6 Å². The quantitative estimate of drug-likeness (QED) is 0.577. The van der Waals surface area contributed by atoms with Gasteiger partial charge in [-0.3, -0.25) is 9.59 Å². The molecule has 0 radical (unpaired) electrons. The van der Waals surface area contributed by atoms with Gasteiger partial charge in [-0.2, -0.15) is 0 Å². The number of carbonyl (C=O) groups is 3. The predicted molar refractivity (Wildman–Crippen MR) is 93.7 cm³/mol. The molecule has 1 aromatic rings. The lowest BCUT2D eigenvalue weighted by Gasteiger charge is -2.26. The Kier molecular flexibility index (Phi) is 7.06. The number of urea groups is 1. The van der Waals surface area contributed by atoms with Crippen LogP contribution in [0.2, 0.25) is 5.02 Å². The summed E-state index contributed by atoms with van der Waals surface area (Å²) in [7, 11) is 0. The van der Waals surface area contributed by atoms with Gasteiger partial charge in [-0.15, -0.1) is 0 Å². The van der Waals surface area contributed by atoms with E-state index in [-0.39, 0.29) is 23.9 Å². The Morgan fingerprint density at radius 3 is 2.20 bits per heavy atom. The number of carboxylic acids is 1. The first kappa shape index (κ1) is 19.1. The normalized spacial score (nSPS) is 19.7. The van der Waals surface area contributed by atoms with Crippen LogP contribution in [0.5, 0.6) is 0 Å². The zero-order chi connectivity index (χ0) is 18.2. The molecule has 1 aliphatic rings. The molecule has 0 heterocycles. The second-order valence-corrected chi connectivity index (χ2v) is 6.49. The average molecular weight is 368 g/mol. The molecule has 25 heavy (non-hydrogen) atoms. The Bertz CT molecular complexity index is 613. The Hall–Kier alpha value is -2.28. The molecule has 0 aliphatic heterocycles. The van der Waals surface area contributed by atoms with Crippen molar-refractivity contribution in [1.29, 1.82) is 0 Å². The molecule has 0 spiro atoms. The molecule has 1 fully saturated rings. The van der Waals surface area contributed by atoms with Crippen molar-refractivity contribution < 1.29 is 19.5 Å². The summed E-state index contributed by atoms with van der Waals surface area (Å²) in [5.74, 6) is -1.30. The molecule has 136 valence electrons. The van der Waals surface area contributed by atoms with Gasteiger partial charge < -0.3 is 21.1 Å². The molecule has 1 aliphatic carbocycles. The third kappa shape index (κ3) is 6.26. The SMILES string of the molecule is O=C(NCCNC(=O)c1ccc(Cl)cc1)NC1CCC(C(=O)O)CC1. The van der Waals surface area contributed by atoms with Crippen molar-refractivity contribution in [1.82, 2.24) is 16.0 Å². The highest BCUT2D eigenvalue weighted by atomic mass is 35.5. The minimum absolute atomic E-state index is 0.000687. The number of aliphatic carboxylic acids is 1. The van der Waals surface area contributed by atoms with E-state index in [1.54, 1.807) is 24.3 Å². The van der Waals surface area contributed by atoms with Crippen LogP contribution in [0.3, 0.4) is 0 Å². The first-order valence-corrected chi connectivity index (χ1v) is 8.64. The predicted octanol–water partition coefficient (Wildman–Crippen LogP) is 2.01. The van der Waals surface area contributed by atoms with E-state index < -0.39 is 5.97 Å². The number of benzene rings is 1. The van der Waals surface area contributed by atoms with Crippen LogP contribution in [0.15, 0.2) is 24.3 Å². The highest BCUT2D eigenvalue weighted by Gasteiger charge is 2.26. The minimum Gasteiger partial charge on any atom is -0.481 e. The number of carboxylic acid groups (broad SMARTS) is 1. The largest absolute Gasteiger partial charge is 0.481 e. The maximum Gasteiger partial charge on any atom is 0.315 e. The van der Waals surface area contributed by atoms with E-state index in [0.717, 1.165) is 0 Å². The number of hydrogen-bond acceptors (Lipinski definition) is 3. The second-order valence-electron chi connectivity index (χ2n) is 6.05. The van der Waals surface area contributed by atoms with Crippen molar-refractivity contribution in [3.05, 3.63) is 34.9 Å². The fourth-order valence-electron chi connectivity index (χ4n) is 2.78. The third-order valence-electron chi connectivity index (χ3n) is 4.21. The van der Waals surface area contributed by atoms with Crippen molar-refractivity contribution in [3.63, 3.8) is 0 Å². The molecular weight excluding hydrogens is 346 g/mol. The number of nitrogens with one attached hydrogen (secondary N) is 3. The molecule has 3 amide bonds. The lowest BCUT2D eigenvalue weighted by molar-refractivity contribution is -0.142. The maximum absolute atomic E-state index is 11.9. The summed E-state index contributed by atoms with van der Waals surface area (Å²) in [6.07, 6.45) is 2.49. The van der Waals surface area contributed by atoms with Crippen LogP contribution in [0.1, 0.15) is 36.0 Å². The van der Waals surface area contributed by atoms with Gasteiger partial charge in [0, 0.05) is 29.7 Å². The van der Waals surface area contributed by atoms with Crippen LogP contribution < -0.4 is 16.0 Å². The summed E-state index contributed by atoms with van der Waals surface area (Å²) in [6, 6.07) is 6.23. The highest BCUT2D eigenvalue weighted by molar-refractivity contribution is 6.30. The summed E-state index contributed by atoms with van der Waals surface area (Å²) in [5, 5.41) is 17.7. The molecular formula is C17H22ClN3O4. The van der Waals surface area contributed by atoms with Crippen LogP contribution in [0, 0.1) is 5.92 Å². The summed E-state index contributed by atoms with van der Waals surface area (Å²) in [5.41, 5.74) is 0.504. The summed E-state index contributed by atoms with van der Waals surface area (Å²) < 4.78 is 0. The maximum atomic E-state index is 11.9. The molecule has 2 rings (SSSR count). The molecule has 1 aromatic carbocycles. The number of hydrogen-bond donors (Lipinski definition) is 4. The zero-order valence-electron chi connectivity index (χ0n) is 13.8. The molecule has 0 bridgehead atoms. The van der Waals surface area contributed by atoms with Gasteiger partial charge in [0.2, 0.25) is 0 Å². The van der Waals surface area contributed by atoms with E-state index in [9.17, 15) is 14.4 Å². The van der Waals surface area contributed by atoms with Crippen LogP contribution in [0.25, 0.3) is 0 Å². The van der Waals surface area contributed by atoms with Gasteiger partial charge in [-0.05, 0) is 49.9 Å². The molecule has 0 unspecified atom stereocenters. The van der Waals surface area contributed by atoms with Crippen molar-refractivity contribution >= 4 is 29.5 Å². The van der Waals surface area contributed by atoms with Crippen LogP contribution in [0.4, 0.5) is 4.79 Å². The number of rotatable bonds is 6. The Labute approximate surface area is 151 Å². The third-order valence-corrected chi connectivity index (χ3v) is 4.47. The lowest BCUT2D eigenvalue weighted by atomic mass is 9.86. The molecule has 8 heteroatoms. The van der Waals surface area contributed by atoms with Crippen LogP contribution in [-0.2, 0) is 4.79 Å². The molecule has 7 nitrogen and oxygen atoms in total. The van der Waals surface area contributed by atoms with Gasteiger partial charge in [0.1, 0.15) is 0 Å². The van der Waals surface area contributed by atoms with E-state index in [1.807, 2.05) is 0 Å². The minimum atomic E-state index is -0.765. The fourth-order valence-corrected chi connectivity index (χ4v) is 2.90. The van der Waals surface area contributed by atoms with Gasteiger partial charge >= 0.3 is 12.0 Å². The average Bonchev–Trinajstić information content (AvgIpc) is 2.59. The zero-order valence-corrected chi connectivity index (χ0v) is 14.5. The van der Waals surface area contributed by atoms with Crippen LogP contribution in [-0.4, -0.2) is 42.1 Å². The Morgan fingerprint density at radius 2 is 1.60 bits per heavy atom. The van der Waals surface area contributed by atoms with Gasteiger partial charge in [-0.25, -0.2) is 4.79 Å². The van der Waals surface area contributed by atoms with Gasteiger partial charge in [-0.1, -0.05) is 11.6 Å². The van der Waals surface area contributed by atoms with Crippen molar-refractivity contribution in [2.75, 3.05) is 13.1 Å². The van der Waals surface area contributed by atoms with Gasteiger partial charge in [0.05, 0.1) is 5.92 Å². The fraction of sp³-hybridized carbons (Fsp3) is 0.471. The summed E-state index contributed by atoms with van der Waals surface area (Å²) in [4.78, 5) is 34.6. The molecule has 1 saturated carbocycles.